The van der Waals surface area contributed by atoms with Gasteiger partial charge >= 0.3 is 5.97 Å². The topological polar surface area (TPSA) is 58.6 Å². The zero-order valence-electron chi connectivity index (χ0n) is 16.2. The maximum Gasteiger partial charge on any atom is 0.328 e. The standard InChI is InChI=1S/C22H28N2O3/c1-17(2)24(15-19-12-8-5-9-13-19)16-21(25)23-20(22(26)27-3)14-18-10-6-4-7-11-18/h4-13,17,20H,14-16H2,1-3H3,(H,23,25). The van der Waals surface area contributed by atoms with Gasteiger partial charge in [-0.25, -0.2) is 4.79 Å². The largest absolute Gasteiger partial charge is 0.467 e. The summed E-state index contributed by atoms with van der Waals surface area (Å²) in [7, 11) is 1.34. The number of amides is 1. The van der Waals surface area contributed by atoms with Crippen LogP contribution in [0.25, 0.3) is 0 Å². The van der Waals surface area contributed by atoms with Crippen LogP contribution in [0.4, 0.5) is 0 Å². The molecule has 144 valence electrons. The number of rotatable bonds is 9. The van der Waals surface area contributed by atoms with E-state index in [4.69, 9.17) is 4.74 Å². The highest BCUT2D eigenvalue weighted by Crippen LogP contribution is 2.09. The van der Waals surface area contributed by atoms with E-state index in [-0.39, 0.29) is 18.5 Å². The van der Waals surface area contributed by atoms with Crippen LogP contribution < -0.4 is 5.32 Å². The number of nitrogens with one attached hydrogen (secondary N) is 1. The van der Waals surface area contributed by atoms with Crippen molar-refractivity contribution < 1.29 is 14.3 Å². The Balaban J connectivity index is 2.00. The van der Waals surface area contributed by atoms with Gasteiger partial charge in [0.25, 0.3) is 0 Å². The van der Waals surface area contributed by atoms with Crippen molar-refractivity contribution in [2.45, 2.75) is 38.9 Å². The van der Waals surface area contributed by atoms with Crippen LogP contribution in [0, 0.1) is 0 Å². The first kappa shape index (κ1) is 20.6. The second-order valence-electron chi connectivity index (χ2n) is 6.82. The predicted octanol–water partition coefficient (Wildman–Crippen LogP) is 2.80. The molecule has 27 heavy (non-hydrogen) atoms. The number of carbonyl (C=O) groups is 2. The average molecular weight is 368 g/mol. The van der Waals surface area contributed by atoms with Gasteiger partial charge in [-0.2, -0.15) is 0 Å². The van der Waals surface area contributed by atoms with Crippen LogP contribution in [0.3, 0.4) is 0 Å². The number of nitrogens with zero attached hydrogens (tertiary/aromatic N) is 1. The summed E-state index contributed by atoms with van der Waals surface area (Å²) < 4.78 is 4.87. The van der Waals surface area contributed by atoms with Crippen LogP contribution in [0.15, 0.2) is 60.7 Å². The summed E-state index contributed by atoms with van der Waals surface area (Å²) in [5.41, 5.74) is 2.12. The number of benzene rings is 2. The molecule has 2 rings (SSSR count). The SMILES string of the molecule is COC(=O)C(Cc1ccccc1)NC(=O)CN(Cc1ccccc1)C(C)C. The Labute approximate surface area is 161 Å². The highest BCUT2D eigenvalue weighted by atomic mass is 16.5. The van der Waals surface area contributed by atoms with E-state index in [0.29, 0.717) is 13.0 Å². The van der Waals surface area contributed by atoms with Gasteiger partial charge in [-0.15, -0.1) is 0 Å². The smallest absolute Gasteiger partial charge is 0.328 e. The first-order valence-corrected chi connectivity index (χ1v) is 9.18. The van der Waals surface area contributed by atoms with Gasteiger partial charge < -0.3 is 10.1 Å². The number of carbonyl (C=O) groups excluding carboxylic acids is 2. The fourth-order valence-corrected chi connectivity index (χ4v) is 2.85. The lowest BCUT2D eigenvalue weighted by Crippen LogP contribution is -2.48. The molecule has 0 saturated carbocycles. The first-order chi connectivity index (χ1) is 13.0. The Bertz CT molecular complexity index is 717. The Kier molecular flexibility index (Phi) is 8.01. The molecule has 2 aromatic carbocycles. The maximum absolute atomic E-state index is 12.6. The second kappa shape index (κ2) is 10.5. The van der Waals surface area contributed by atoms with Crippen LogP contribution in [-0.4, -0.2) is 42.5 Å². The van der Waals surface area contributed by atoms with Crippen molar-refractivity contribution in [3.63, 3.8) is 0 Å². The van der Waals surface area contributed by atoms with E-state index < -0.39 is 12.0 Å². The first-order valence-electron chi connectivity index (χ1n) is 9.18. The van der Waals surface area contributed by atoms with Crippen molar-refractivity contribution in [3.8, 4) is 0 Å². The van der Waals surface area contributed by atoms with Crippen molar-refractivity contribution in [1.29, 1.82) is 0 Å². The van der Waals surface area contributed by atoms with Gasteiger partial charge in [-0.05, 0) is 25.0 Å². The molecule has 5 heteroatoms. The van der Waals surface area contributed by atoms with Crippen LogP contribution in [0.2, 0.25) is 0 Å². The van der Waals surface area contributed by atoms with Crippen molar-refractivity contribution in [2.24, 2.45) is 0 Å². The number of esters is 1. The Morgan fingerprint density at radius 3 is 2.04 bits per heavy atom. The molecule has 0 saturated heterocycles. The molecule has 0 spiro atoms. The van der Waals surface area contributed by atoms with E-state index >= 15 is 0 Å². The number of hydrogen-bond acceptors (Lipinski definition) is 4. The molecule has 0 radical (unpaired) electrons. The summed E-state index contributed by atoms with van der Waals surface area (Å²) in [6.45, 7) is 5.00. The van der Waals surface area contributed by atoms with E-state index in [9.17, 15) is 9.59 Å². The predicted molar refractivity (Wildman–Crippen MR) is 106 cm³/mol. The van der Waals surface area contributed by atoms with Crippen molar-refractivity contribution in [2.75, 3.05) is 13.7 Å². The Hall–Kier alpha value is -2.66. The molecule has 0 fully saturated rings. The lowest BCUT2D eigenvalue weighted by molar-refractivity contribution is -0.145. The van der Waals surface area contributed by atoms with Gasteiger partial charge in [-0.3, -0.25) is 9.69 Å². The number of ether oxygens (including phenoxy) is 1. The molecule has 1 unspecified atom stereocenters. The molecule has 2 aromatic rings. The fourth-order valence-electron chi connectivity index (χ4n) is 2.85. The average Bonchev–Trinajstić information content (AvgIpc) is 2.68. The van der Waals surface area contributed by atoms with Crippen LogP contribution in [-0.2, 0) is 27.3 Å². The second-order valence-corrected chi connectivity index (χ2v) is 6.82. The summed E-state index contributed by atoms with van der Waals surface area (Å²) in [6, 6.07) is 19.1. The molecule has 5 nitrogen and oxygen atoms in total. The van der Waals surface area contributed by atoms with E-state index in [1.54, 1.807) is 0 Å². The third-order valence-electron chi connectivity index (χ3n) is 4.41. The third kappa shape index (κ3) is 6.87. The molecule has 1 atom stereocenters. The minimum atomic E-state index is -0.698. The normalized spacial score (nSPS) is 12.0. The van der Waals surface area contributed by atoms with Crippen molar-refractivity contribution >= 4 is 11.9 Å². The summed E-state index contributed by atoms with van der Waals surface area (Å²) in [5, 5.41) is 2.83. The highest BCUT2D eigenvalue weighted by molar-refractivity contribution is 5.85. The monoisotopic (exact) mass is 368 g/mol. The van der Waals surface area contributed by atoms with E-state index in [2.05, 4.69) is 24.1 Å². The molecular weight excluding hydrogens is 340 g/mol. The van der Waals surface area contributed by atoms with Gasteiger partial charge in [0, 0.05) is 19.0 Å². The molecule has 0 aromatic heterocycles. The molecule has 1 N–H and O–H groups in total. The molecule has 1 amide bonds. The van der Waals surface area contributed by atoms with Crippen molar-refractivity contribution in [1.82, 2.24) is 10.2 Å². The van der Waals surface area contributed by atoms with Gasteiger partial charge in [0.05, 0.1) is 13.7 Å². The highest BCUT2D eigenvalue weighted by Gasteiger charge is 2.23. The zero-order valence-corrected chi connectivity index (χ0v) is 16.2. The third-order valence-corrected chi connectivity index (χ3v) is 4.41. The van der Waals surface area contributed by atoms with Crippen LogP contribution in [0.5, 0.6) is 0 Å². The fraction of sp³-hybridized carbons (Fsp3) is 0.364. The van der Waals surface area contributed by atoms with E-state index in [0.717, 1.165) is 11.1 Å². The van der Waals surface area contributed by atoms with Crippen LogP contribution >= 0.6 is 0 Å². The zero-order chi connectivity index (χ0) is 19.6. The van der Waals surface area contributed by atoms with Crippen molar-refractivity contribution in [3.05, 3.63) is 71.8 Å². The van der Waals surface area contributed by atoms with Gasteiger partial charge in [0.15, 0.2) is 0 Å². The maximum atomic E-state index is 12.6. The van der Waals surface area contributed by atoms with Gasteiger partial charge in [0.1, 0.15) is 6.04 Å². The van der Waals surface area contributed by atoms with Crippen LogP contribution in [0.1, 0.15) is 25.0 Å². The Morgan fingerprint density at radius 1 is 0.963 bits per heavy atom. The van der Waals surface area contributed by atoms with Gasteiger partial charge in [-0.1, -0.05) is 60.7 Å². The molecule has 0 aliphatic rings. The van der Waals surface area contributed by atoms with E-state index in [1.165, 1.54) is 7.11 Å². The molecule has 0 aliphatic carbocycles. The Morgan fingerprint density at radius 2 is 1.52 bits per heavy atom. The number of methoxy groups -OCH3 is 1. The number of hydrogen-bond donors (Lipinski definition) is 1. The molecular formula is C22H28N2O3. The lowest BCUT2D eigenvalue weighted by atomic mass is 10.1. The summed E-state index contributed by atoms with van der Waals surface area (Å²) in [6.07, 6.45) is 0.402. The molecule has 0 heterocycles. The minimum absolute atomic E-state index is 0.189. The summed E-state index contributed by atoms with van der Waals surface area (Å²) in [4.78, 5) is 26.8. The quantitative estimate of drug-likeness (QED) is 0.692. The summed E-state index contributed by atoms with van der Waals surface area (Å²) >= 11 is 0. The lowest BCUT2D eigenvalue weighted by Gasteiger charge is -2.27. The minimum Gasteiger partial charge on any atom is -0.467 e. The molecule has 0 aliphatic heterocycles. The van der Waals surface area contributed by atoms with Gasteiger partial charge in [0.2, 0.25) is 5.91 Å². The van der Waals surface area contributed by atoms with E-state index in [1.807, 2.05) is 60.7 Å². The summed E-state index contributed by atoms with van der Waals surface area (Å²) in [5.74, 6) is -0.627. The molecule has 0 bridgehead atoms.